The lowest BCUT2D eigenvalue weighted by molar-refractivity contribution is -0.138. The average Bonchev–Trinajstić information content (AvgIpc) is 2.37. The smallest absolute Gasteiger partial charge is 0.309 e. The molecule has 1 aromatic rings. The molecule has 20 heavy (non-hydrogen) atoms. The van der Waals surface area contributed by atoms with Crippen LogP contribution in [0.2, 0.25) is 0 Å². The van der Waals surface area contributed by atoms with Crippen LogP contribution in [0.1, 0.15) is 44.4 Å². The second-order valence-corrected chi connectivity index (χ2v) is 6.46. The molecule has 1 N–H and O–H groups in total. The molecule has 0 radical (unpaired) electrons. The lowest BCUT2D eigenvalue weighted by Gasteiger charge is -2.23. The highest BCUT2D eigenvalue weighted by atomic mass is 32.2. The zero-order chi connectivity index (χ0) is 15.2. The lowest BCUT2D eigenvalue weighted by Crippen LogP contribution is -2.27. The predicted octanol–water partition coefficient (Wildman–Crippen LogP) is 4.28. The van der Waals surface area contributed by atoms with E-state index in [1.54, 1.807) is 11.8 Å². The van der Waals surface area contributed by atoms with Crippen LogP contribution in [0, 0.1) is 0 Å². The van der Waals surface area contributed by atoms with Crippen LogP contribution >= 0.6 is 11.8 Å². The van der Waals surface area contributed by atoms with E-state index < -0.39 is 11.7 Å². The molecule has 2 nitrogen and oxygen atoms in total. The van der Waals surface area contributed by atoms with E-state index in [1.807, 2.05) is 20.8 Å². The van der Waals surface area contributed by atoms with Crippen molar-refractivity contribution in [2.24, 2.45) is 0 Å². The third-order valence-electron chi connectivity index (χ3n) is 2.77. The van der Waals surface area contributed by atoms with Crippen molar-refractivity contribution in [1.29, 1.82) is 0 Å². The molecule has 1 heterocycles. The predicted molar refractivity (Wildman–Crippen MR) is 77.9 cm³/mol. The van der Waals surface area contributed by atoms with Gasteiger partial charge in [0.25, 0.3) is 0 Å². The maximum atomic E-state index is 13.1. The van der Waals surface area contributed by atoms with Crippen molar-refractivity contribution in [3.05, 3.63) is 29.6 Å². The molecule has 1 atom stereocenters. The summed E-state index contributed by atoms with van der Waals surface area (Å²) in [6.45, 7) is 6.76. The Kier molecular flexibility index (Phi) is 6.82. The van der Waals surface area contributed by atoms with Gasteiger partial charge in [-0.1, -0.05) is 20.8 Å². The quantitative estimate of drug-likeness (QED) is 0.814. The molecule has 0 amide bonds. The molecule has 0 aliphatic rings. The highest BCUT2D eigenvalue weighted by Crippen LogP contribution is 2.35. The van der Waals surface area contributed by atoms with Gasteiger partial charge in [-0.15, -0.1) is 0 Å². The van der Waals surface area contributed by atoms with Gasteiger partial charge < -0.3 is 5.32 Å². The minimum Gasteiger partial charge on any atom is -0.309 e. The molecule has 0 aromatic carbocycles. The van der Waals surface area contributed by atoms with E-state index in [1.165, 1.54) is 12.4 Å². The Balaban J connectivity index is 3.00. The van der Waals surface area contributed by atoms with Crippen LogP contribution in [0.25, 0.3) is 0 Å². The monoisotopic (exact) mass is 306 g/mol. The number of pyridine rings is 1. The van der Waals surface area contributed by atoms with Gasteiger partial charge in [-0.2, -0.15) is 24.9 Å². The average molecular weight is 306 g/mol. The van der Waals surface area contributed by atoms with Crippen molar-refractivity contribution in [3.8, 4) is 0 Å². The highest BCUT2D eigenvalue weighted by molar-refractivity contribution is 7.99. The summed E-state index contributed by atoms with van der Waals surface area (Å²) >= 11 is 1.65. The molecule has 114 valence electrons. The summed E-state index contributed by atoms with van der Waals surface area (Å²) in [6, 6.07) is 0.725. The molecule has 0 saturated carbocycles. The summed E-state index contributed by atoms with van der Waals surface area (Å²) in [5.74, 6) is 0.604. The van der Waals surface area contributed by atoms with E-state index in [0.717, 1.165) is 12.5 Å². The second kappa shape index (κ2) is 7.88. The topological polar surface area (TPSA) is 24.9 Å². The normalized spacial score (nSPS) is 13.8. The molecule has 0 fully saturated rings. The zero-order valence-corrected chi connectivity index (χ0v) is 12.8. The molecule has 0 spiro atoms. The molecule has 0 aliphatic heterocycles. The van der Waals surface area contributed by atoms with E-state index >= 15 is 0 Å². The Morgan fingerprint density at radius 2 is 2.05 bits per heavy atom. The van der Waals surface area contributed by atoms with Gasteiger partial charge in [0.05, 0.1) is 5.56 Å². The van der Waals surface area contributed by atoms with Crippen molar-refractivity contribution in [2.45, 2.75) is 44.7 Å². The fourth-order valence-electron chi connectivity index (χ4n) is 1.81. The Bertz CT molecular complexity index is 408. The molecule has 0 aliphatic carbocycles. The van der Waals surface area contributed by atoms with Crippen LogP contribution in [0.4, 0.5) is 13.2 Å². The summed E-state index contributed by atoms with van der Waals surface area (Å²) in [5, 5.41) is 3.57. The van der Waals surface area contributed by atoms with E-state index in [9.17, 15) is 13.2 Å². The number of aromatic nitrogens is 1. The van der Waals surface area contributed by atoms with Crippen LogP contribution in [0.5, 0.6) is 0 Å². The second-order valence-electron chi connectivity index (χ2n) is 4.85. The fourth-order valence-corrected chi connectivity index (χ4v) is 2.68. The Morgan fingerprint density at radius 1 is 1.35 bits per heavy atom. The number of hydrogen-bond donors (Lipinski definition) is 1. The maximum absolute atomic E-state index is 13.1. The first-order valence-electron chi connectivity index (χ1n) is 6.72. The van der Waals surface area contributed by atoms with Gasteiger partial charge in [-0.3, -0.25) is 4.98 Å². The van der Waals surface area contributed by atoms with E-state index in [-0.39, 0.29) is 11.6 Å². The number of nitrogens with one attached hydrogen (secondary N) is 1. The van der Waals surface area contributed by atoms with Gasteiger partial charge >= 0.3 is 6.18 Å². The number of nitrogens with zero attached hydrogens (tertiary/aromatic N) is 1. The Morgan fingerprint density at radius 3 is 2.60 bits per heavy atom. The first-order valence-corrected chi connectivity index (χ1v) is 7.77. The number of hydrogen-bond acceptors (Lipinski definition) is 3. The standard InChI is InChI=1S/C14H21F3N2S/c1-4-6-19-13(9-20-10(2)3)11-8-18-7-5-12(11)14(15,16)17/h5,7-8,10,13,19H,4,6,9H2,1-3H3. The van der Waals surface area contributed by atoms with Crippen LogP contribution < -0.4 is 5.32 Å². The van der Waals surface area contributed by atoms with Gasteiger partial charge in [-0.05, 0) is 24.3 Å². The first-order chi connectivity index (χ1) is 9.36. The van der Waals surface area contributed by atoms with Gasteiger partial charge in [0.15, 0.2) is 0 Å². The number of alkyl halides is 3. The largest absolute Gasteiger partial charge is 0.416 e. The maximum Gasteiger partial charge on any atom is 0.416 e. The summed E-state index contributed by atoms with van der Waals surface area (Å²) in [5.41, 5.74) is -0.355. The van der Waals surface area contributed by atoms with Gasteiger partial charge in [0.2, 0.25) is 0 Å². The van der Waals surface area contributed by atoms with E-state index in [4.69, 9.17) is 0 Å². The fraction of sp³-hybridized carbons (Fsp3) is 0.643. The Hall–Kier alpha value is -0.750. The van der Waals surface area contributed by atoms with Crippen molar-refractivity contribution >= 4 is 11.8 Å². The lowest BCUT2D eigenvalue weighted by atomic mass is 10.0. The number of rotatable bonds is 7. The minimum absolute atomic E-state index is 0.238. The first kappa shape index (κ1) is 17.3. The van der Waals surface area contributed by atoms with Crippen LogP contribution in [0.3, 0.4) is 0 Å². The molecular weight excluding hydrogens is 285 g/mol. The van der Waals surface area contributed by atoms with Crippen LogP contribution in [-0.2, 0) is 6.18 Å². The number of halogens is 3. The van der Waals surface area contributed by atoms with Gasteiger partial charge in [0.1, 0.15) is 0 Å². The third kappa shape index (κ3) is 5.32. The molecule has 1 rings (SSSR count). The Labute approximate surface area is 122 Å². The molecule has 0 saturated heterocycles. The SMILES string of the molecule is CCCNC(CSC(C)C)c1cnccc1C(F)(F)F. The molecular formula is C14H21F3N2S. The van der Waals surface area contributed by atoms with Crippen LogP contribution in [-0.4, -0.2) is 22.5 Å². The summed E-state index contributed by atoms with van der Waals surface area (Å²) in [4.78, 5) is 3.87. The summed E-state index contributed by atoms with van der Waals surface area (Å²) in [6.07, 6.45) is -0.937. The third-order valence-corrected chi connectivity index (χ3v) is 3.96. The van der Waals surface area contributed by atoms with Crippen molar-refractivity contribution in [2.75, 3.05) is 12.3 Å². The van der Waals surface area contributed by atoms with Crippen LogP contribution in [0.15, 0.2) is 18.5 Å². The number of thioether (sulfide) groups is 1. The molecule has 1 aromatic heterocycles. The summed E-state index contributed by atoms with van der Waals surface area (Å²) in [7, 11) is 0. The molecule has 0 bridgehead atoms. The van der Waals surface area contributed by atoms with Crippen molar-refractivity contribution in [3.63, 3.8) is 0 Å². The molecule has 1 unspecified atom stereocenters. The highest BCUT2D eigenvalue weighted by Gasteiger charge is 2.35. The minimum atomic E-state index is -4.34. The summed E-state index contributed by atoms with van der Waals surface area (Å²) < 4.78 is 39.2. The van der Waals surface area contributed by atoms with E-state index in [0.29, 0.717) is 17.5 Å². The van der Waals surface area contributed by atoms with Gasteiger partial charge in [-0.25, -0.2) is 0 Å². The van der Waals surface area contributed by atoms with Gasteiger partial charge in [0, 0.05) is 29.8 Å². The van der Waals surface area contributed by atoms with Crippen molar-refractivity contribution in [1.82, 2.24) is 10.3 Å². The van der Waals surface area contributed by atoms with Crippen molar-refractivity contribution < 1.29 is 13.2 Å². The van der Waals surface area contributed by atoms with E-state index in [2.05, 4.69) is 10.3 Å². The zero-order valence-electron chi connectivity index (χ0n) is 12.0. The molecule has 6 heteroatoms.